The van der Waals surface area contributed by atoms with Gasteiger partial charge in [0, 0.05) is 0 Å². The number of rotatable bonds is 6. The van der Waals surface area contributed by atoms with Crippen LogP contribution in [0.4, 0.5) is 0 Å². The van der Waals surface area contributed by atoms with Crippen LogP contribution in [0.1, 0.15) is 46.0 Å². The number of ether oxygens (including phenoxy) is 1. The van der Waals surface area contributed by atoms with Crippen LogP contribution < -0.4 is 5.32 Å². The Morgan fingerprint density at radius 2 is 2.06 bits per heavy atom. The molecule has 1 fully saturated rings. The van der Waals surface area contributed by atoms with Crippen LogP contribution in [0.2, 0.25) is 0 Å². The number of piperidine rings is 1. The summed E-state index contributed by atoms with van der Waals surface area (Å²) in [5.41, 5.74) is -0.366. The maximum atomic E-state index is 12.1. The van der Waals surface area contributed by atoms with Gasteiger partial charge in [-0.15, -0.1) is 0 Å². The number of carbonyl (C=O) groups excluding carboxylic acids is 1. The second-order valence-electron chi connectivity index (χ2n) is 4.67. The molecule has 0 unspecified atom stereocenters. The van der Waals surface area contributed by atoms with Gasteiger partial charge in [0.2, 0.25) is 0 Å². The number of hydrogen-bond donors (Lipinski definition) is 1. The molecule has 1 rings (SSSR count). The molecule has 0 aromatic carbocycles. The molecule has 3 heteroatoms. The maximum Gasteiger partial charge on any atom is 0.316 e. The first-order chi connectivity index (χ1) is 8.25. The van der Waals surface area contributed by atoms with Gasteiger partial charge in [0.05, 0.1) is 12.0 Å². The highest BCUT2D eigenvalue weighted by atomic mass is 16.5. The Balaban J connectivity index is 2.64. The van der Waals surface area contributed by atoms with Crippen molar-refractivity contribution in [3.63, 3.8) is 0 Å². The summed E-state index contributed by atoms with van der Waals surface area (Å²) < 4.78 is 5.22. The van der Waals surface area contributed by atoms with E-state index in [0.717, 1.165) is 32.4 Å². The lowest BCUT2D eigenvalue weighted by atomic mass is 9.78. The summed E-state index contributed by atoms with van der Waals surface area (Å²) in [7, 11) is 0. The summed E-state index contributed by atoms with van der Waals surface area (Å²) in [6.07, 6.45) is 9.41. The average molecular weight is 239 g/mol. The first-order valence-corrected chi connectivity index (χ1v) is 6.81. The molecular formula is C14H25NO2. The zero-order valence-electron chi connectivity index (χ0n) is 11.1. The highest BCUT2D eigenvalue weighted by Crippen LogP contribution is 2.32. The van der Waals surface area contributed by atoms with E-state index in [1.54, 1.807) is 0 Å². The summed E-state index contributed by atoms with van der Waals surface area (Å²) in [5.74, 6) is -0.0470. The Hall–Kier alpha value is -0.830. The molecule has 0 atom stereocenters. The first-order valence-electron chi connectivity index (χ1n) is 6.81. The van der Waals surface area contributed by atoms with Crippen molar-refractivity contribution in [2.45, 2.75) is 46.0 Å². The Kier molecular flexibility index (Phi) is 6.27. The van der Waals surface area contributed by atoms with Gasteiger partial charge in [0.25, 0.3) is 0 Å². The SMILES string of the molecule is CCCCC=CC1(C(=O)OCC)CCNCC1. The van der Waals surface area contributed by atoms with E-state index in [1.807, 2.05) is 6.92 Å². The summed E-state index contributed by atoms with van der Waals surface area (Å²) in [6, 6.07) is 0. The van der Waals surface area contributed by atoms with E-state index in [2.05, 4.69) is 24.4 Å². The fourth-order valence-electron chi connectivity index (χ4n) is 2.22. The quantitative estimate of drug-likeness (QED) is 0.440. The highest BCUT2D eigenvalue weighted by Gasteiger charge is 2.38. The van der Waals surface area contributed by atoms with E-state index in [4.69, 9.17) is 4.74 Å². The van der Waals surface area contributed by atoms with E-state index in [-0.39, 0.29) is 11.4 Å². The summed E-state index contributed by atoms with van der Waals surface area (Å²) in [5, 5.41) is 3.30. The molecule has 0 spiro atoms. The lowest BCUT2D eigenvalue weighted by molar-refractivity contribution is -0.153. The average Bonchev–Trinajstić information content (AvgIpc) is 2.36. The monoisotopic (exact) mass is 239 g/mol. The molecule has 3 nitrogen and oxygen atoms in total. The van der Waals surface area contributed by atoms with E-state index >= 15 is 0 Å². The van der Waals surface area contributed by atoms with Crippen molar-refractivity contribution in [2.75, 3.05) is 19.7 Å². The van der Waals surface area contributed by atoms with Crippen LogP contribution in [0.5, 0.6) is 0 Å². The van der Waals surface area contributed by atoms with Crippen molar-refractivity contribution < 1.29 is 9.53 Å². The van der Waals surface area contributed by atoms with E-state index in [0.29, 0.717) is 6.61 Å². The molecule has 0 aliphatic carbocycles. The molecule has 1 N–H and O–H groups in total. The minimum atomic E-state index is -0.366. The third-order valence-corrected chi connectivity index (χ3v) is 3.34. The van der Waals surface area contributed by atoms with Crippen LogP contribution in [-0.2, 0) is 9.53 Å². The van der Waals surface area contributed by atoms with Gasteiger partial charge in [-0.2, -0.15) is 0 Å². The number of carbonyl (C=O) groups is 1. The van der Waals surface area contributed by atoms with Gasteiger partial charge in [0.1, 0.15) is 0 Å². The summed E-state index contributed by atoms with van der Waals surface area (Å²) >= 11 is 0. The third-order valence-electron chi connectivity index (χ3n) is 3.34. The molecule has 0 radical (unpaired) electrons. The van der Waals surface area contributed by atoms with Crippen LogP contribution in [0.25, 0.3) is 0 Å². The van der Waals surface area contributed by atoms with Gasteiger partial charge >= 0.3 is 5.97 Å². The molecule has 1 aliphatic rings. The van der Waals surface area contributed by atoms with E-state index in [1.165, 1.54) is 12.8 Å². The number of esters is 1. The number of nitrogens with one attached hydrogen (secondary N) is 1. The molecular weight excluding hydrogens is 214 g/mol. The third kappa shape index (κ3) is 4.15. The van der Waals surface area contributed by atoms with Crippen LogP contribution in [-0.4, -0.2) is 25.7 Å². The molecule has 98 valence electrons. The largest absolute Gasteiger partial charge is 0.465 e. The van der Waals surface area contributed by atoms with Crippen LogP contribution in [0, 0.1) is 5.41 Å². The van der Waals surface area contributed by atoms with Gasteiger partial charge < -0.3 is 10.1 Å². The van der Waals surface area contributed by atoms with Gasteiger partial charge in [-0.3, -0.25) is 4.79 Å². The molecule has 0 aromatic heterocycles. The van der Waals surface area contributed by atoms with Crippen molar-refractivity contribution in [3.8, 4) is 0 Å². The minimum Gasteiger partial charge on any atom is -0.465 e. The fourth-order valence-corrected chi connectivity index (χ4v) is 2.22. The molecule has 17 heavy (non-hydrogen) atoms. The topological polar surface area (TPSA) is 38.3 Å². The van der Waals surface area contributed by atoms with Crippen LogP contribution >= 0.6 is 0 Å². The Bertz CT molecular complexity index is 255. The minimum absolute atomic E-state index is 0.0470. The highest BCUT2D eigenvalue weighted by molar-refractivity contribution is 5.79. The van der Waals surface area contributed by atoms with E-state index < -0.39 is 0 Å². The Morgan fingerprint density at radius 3 is 2.65 bits per heavy atom. The zero-order chi connectivity index (χ0) is 12.6. The van der Waals surface area contributed by atoms with Gasteiger partial charge in [-0.25, -0.2) is 0 Å². The lowest BCUT2D eigenvalue weighted by Crippen LogP contribution is -2.41. The first kappa shape index (κ1) is 14.2. The maximum absolute atomic E-state index is 12.1. The normalized spacial score (nSPS) is 19.4. The fraction of sp³-hybridized carbons (Fsp3) is 0.786. The number of hydrogen-bond acceptors (Lipinski definition) is 3. The molecule has 1 saturated heterocycles. The standard InChI is InChI=1S/C14H25NO2/c1-3-5-6-7-8-14(13(16)17-4-2)9-11-15-12-10-14/h7-8,15H,3-6,9-12H2,1-2H3. The number of unbranched alkanes of at least 4 members (excludes halogenated alkanes) is 2. The zero-order valence-corrected chi connectivity index (χ0v) is 11.1. The summed E-state index contributed by atoms with van der Waals surface area (Å²) in [6.45, 7) is 6.32. The molecule has 0 amide bonds. The van der Waals surface area contributed by atoms with Crippen molar-refractivity contribution in [1.29, 1.82) is 0 Å². The molecule has 0 aromatic rings. The number of allylic oxidation sites excluding steroid dienone is 1. The second kappa shape index (κ2) is 7.49. The van der Waals surface area contributed by atoms with Crippen molar-refractivity contribution in [2.24, 2.45) is 5.41 Å². The van der Waals surface area contributed by atoms with Gasteiger partial charge in [-0.1, -0.05) is 31.9 Å². The van der Waals surface area contributed by atoms with Crippen molar-refractivity contribution in [3.05, 3.63) is 12.2 Å². The van der Waals surface area contributed by atoms with Gasteiger partial charge in [-0.05, 0) is 39.3 Å². The van der Waals surface area contributed by atoms with E-state index in [9.17, 15) is 4.79 Å². The summed E-state index contributed by atoms with van der Waals surface area (Å²) in [4.78, 5) is 12.1. The molecule has 0 saturated carbocycles. The second-order valence-corrected chi connectivity index (χ2v) is 4.67. The molecule has 0 bridgehead atoms. The van der Waals surface area contributed by atoms with Crippen molar-refractivity contribution >= 4 is 5.97 Å². The lowest BCUT2D eigenvalue weighted by Gasteiger charge is -2.32. The molecule has 1 aliphatic heterocycles. The molecule has 1 heterocycles. The predicted molar refractivity (Wildman–Crippen MR) is 69.8 cm³/mol. The smallest absolute Gasteiger partial charge is 0.316 e. The van der Waals surface area contributed by atoms with Crippen molar-refractivity contribution in [1.82, 2.24) is 5.32 Å². The Labute approximate surface area is 105 Å². The van der Waals surface area contributed by atoms with Crippen LogP contribution in [0.15, 0.2) is 12.2 Å². The van der Waals surface area contributed by atoms with Crippen LogP contribution in [0.3, 0.4) is 0 Å². The van der Waals surface area contributed by atoms with Gasteiger partial charge in [0.15, 0.2) is 0 Å². The Morgan fingerprint density at radius 1 is 1.35 bits per heavy atom. The predicted octanol–water partition coefficient (Wildman–Crippen LogP) is 2.67.